The lowest BCUT2D eigenvalue weighted by molar-refractivity contribution is 1.48. The van der Waals surface area contributed by atoms with Crippen LogP contribution in [0.5, 0.6) is 0 Å². The summed E-state index contributed by atoms with van der Waals surface area (Å²) in [6.45, 7) is 3.40. The smallest absolute Gasteiger partial charge is 0.0277 e. The standard InChI is InChI=1S/C4H7N/c1-3-4-5-2/h3-4H,1H2,2H3/b5-4-. The molecule has 0 unspecified atom stereocenters. The van der Waals surface area contributed by atoms with Gasteiger partial charge in [-0.05, 0) is 0 Å². The van der Waals surface area contributed by atoms with Gasteiger partial charge in [0.05, 0.1) is 0 Å². The molecule has 1 heteroatoms. The normalized spacial score (nSPS) is 9.00. The Kier molecular flexibility index (Phi) is 3.01. The third-order valence-electron chi connectivity index (χ3n) is 0.254. The minimum absolute atomic E-state index is 1.64. The van der Waals surface area contributed by atoms with Crippen molar-refractivity contribution in [2.75, 3.05) is 7.05 Å². The summed E-state index contributed by atoms with van der Waals surface area (Å²) in [5.74, 6) is 0. The van der Waals surface area contributed by atoms with Gasteiger partial charge < -0.3 is 0 Å². The van der Waals surface area contributed by atoms with Gasteiger partial charge in [0.2, 0.25) is 0 Å². The Labute approximate surface area is 32.0 Å². The van der Waals surface area contributed by atoms with Crippen molar-refractivity contribution in [1.82, 2.24) is 0 Å². The van der Waals surface area contributed by atoms with Crippen LogP contribution in [0.2, 0.25) is 0 Å². The first-order chi connectivity index (χ1) is 2.41. The number of aliphatic imine (C=N–C) groups is 1. The van der Waals surface area contributed by atoms with E-state index in [-0.39, 0.29) is 0 Å². The second-order valence-corrected chi connectivity index (χ2v) is 0.643. The van der Waals surface area contributed by atoms with Gasteiger partial charge in [0.1, 0.15) is 0 Å². The Hall–Kier alpha value is -0.590. The summed E-state index contributed by atoms with van der Waals surface area (Å²) in [4.78, 5) is 3.61. The fraction of sp³-hybridized carbons (Fsp3) is 0.250. The van der Waals surface area contributed by atoms with E-state index in [1.165, 1.54) is 0 Å². The minimum Gasteiger partial charge on any atom is -0.297 e. The lowest BCUT2D eigenvalue weighted by atomic mass is 10.7. The van der Waals surface area contributed by atoms with Crippen LogP contribution in [-0.4, -0.2) is 13.3 Å². The van der Waals surface area contributed by atoms with Crippen molar-refractivity contribution in [1.29, 1.82) is 0 Å². The molecule has 0 radical (unpaired) electrons. The summed E-state index contributed by atoms with van der Waals surface area (Å²) < 4.78 is 0. The molecule has 0 bridgehead atoms. The third kappa shape index (κ3) is 3.41. The summed E-state index contributed by atoms with van der Waals surface area (Å²) in [5, 5.41) is 0. The van der Waals surface area contributed by atoms with E-state index >= 15 is 0 Å². The van der Waals surface area contributed by atoms with E-state index in [0.29, 0.717) is 0 Å². The van der Waals surface area contributed by atoms with Crippen LogP contribution in [0.25, 0.3) is 0 Å². The van der Waals surface area contributed by atoms with E-state index < -0.39 is 0 Å². The maximum atomic E-state index is 3.61. The van der Waals surface area contributed by atoms with Crippen LogP contribution >= 0.6 is 0 Å². The van der Waals surface area contributed by atoms with E-state index in [2.05, 4.69) is 11.6 Å². The molecule has 0 spiro atoms. The van der Waals surface area contributed by atoms with E-state index in [1.807, 2.05) is 0 Å². The predicted molar refractivity (Wildman–Crippen MR) is 24.6 cm³/mol. The van der Waals surface area contributed by atoms with E-state index in [0.717, 1.165) is 0 Å². The fourth-order valence-corrected chi connectivity index (χ4v) is 0.105. The highest BCUT2D eigenvalue weighted by Crippen LogP contribution is 1.48. The van der Waals surface area contributed by atoms with Crippen molar-refractivity contribution in [2.24, 2.45) is 4.99 Å². The minimum atomic E-state index is 1.64. The van der Waals surface area contributed by atoms with Crippen LogP contribution in [0.4, 0.5) is 0 Å². The molecule has 5 heavy (non-hydrogen) atoms. The first kappa shape index (κ1) is 4.41. The maximum Gasteiger partial charge on any atom is 0.0277 e. The lowest BCUT2D eigenvalue weighted by Gasteiger charge is -1.58. The Balaban J connectivity index is 2.92. The molecule has 0 saturated carbocycles. The van der Waals surface area contributed by atoms with Gasteiger partial charge in [0.25, 0.3) is 0 Å². The number of hydrogen-bond donors (Lipinski definition) is 0. The Morgan fingerprint density at radius 2 is 2.40 bits per heavy atom. The Bertz CT molecular complexity index is 45.6. The topological polar surface area (TPSA) is 12.4 Å². The van der Waals surface area contributed by atoms with Crippen molar-refractivity contribution in [3.63, 3.8) is 0 Å². The Morgan fingerprint density at radius 3 is 2.40 bits per heavy atom. The molecule has 0 rings (SSSR count). The second-order valence-electron chi connectivity index (χ2n) is 0.643. The van der Waals surface area contributed by atoms with Gasteiger partial charge in [-0.15, -0.1) is 0 Å². The van der Waals surface area contributed by atoms with Crippen LogP contribution in [0.15, 0.2) is 17.6 Å². The average molecular weight is 69.1 g/mol. The summed E-state index contributed by atoms with van der Waals surface area (Å²) in [6.07, 6.45) is 3.28. The molecule has 0 aromatic rings. The zero-order chi connectivity index (χ0) is 4.12. The highest BCUT2D eigenvalue weighted by atomic mass is 14.6. The van der Waals surface area contributed by atoms with Gasteiger partial charge in [0, 0.05) is 13.3 Å². The quantitative estimate of drug-likeness (QED) is 0.405. The maximum absolute atomic E-state index is 3.61. The van der Waals surface area contributed by atoms with Gasteiger partial charge in [0.15, 0.2) is 0 Å². The van der Waals surface area contributed by atoms with Gasteiger partial charge in [-0.25, -0.2) is 0 Å². The number of rotatable bonds is 1. The van der Waals surface area contributed by atoms with E-state index in [9.17, 15) is 0 Å². The predicted octanol–water partition coefficient (Wildman–Crippen LogP) is 0.873. The van der Waals surface area contributed by atoms with Gasteiger partial charge in [-0.2, -0.15) is 0 Å². The van der Waals surface area contributed by atoms with Crippen molar-refractivity contribution >= 4 is 6.21 Å². The van der Waals surface area contributed by atoms with Crippen molar-refractivity contribution in [3.8, 4) is 0 Å². The first-order valence-corrected chi connectivity index (χ1v) is 1.45. The van der Waals surface area contributed by atoms with Crippen molar-refractivity contribution in [2.45, 2.75) is 0 Å². The Morgan fingerprint density at radius 1 is 1.80 bits per heavy atom. The molecule has 0 aliphatic rings. The molecule has 0 saturated heterocycles. The van der Waals surface area contributed by atoms with Gasteiger partial charge in [-0.3, -0.25) is 4.99 Å². The third-order valence-corrected chi connectivity index (χ3v) is 0.254. The van der Waals surface area contributed by atoms with Crippen LogP contribution in [0.1, 0.15) is 0 Å². The van der Waals surface area contributed by atoms with Gasteiger partial charge >= 0.3 is 0 Å². The van der Waals surface area contributed by atoms with Crippen molar-refractivity contribution < 1.29 is 0 Å². The highest BCUT2D eigenvalue weighted by Gasteiger charge is 1.41. The lowest BCUT2D eigenvalue weighted by Crippen LogP contribution is -1.53. The SMILES string of the molecule is C=C/C=N\C. The molecule has 0 aromatic heterocycles. The van der Waals surface area contributed by atoms with E-state index in [4.69, 9.17) is 0 Å². The van der Waals surface area contributed by atoms with Crippen LogP contribution in [-0.2, 0) is 0 Å². The molecule has 0 atom stereocenters. The van der Waals surface area contributed by atoms with Crippen LogP contribution in [0.3, 0.4) is 0 Å². The molecular formula is C4H7N. The van der Waals surface area contributed by atoms with Crippen LogP contribution in [0, 0.1) is 0 Å². The molecule has 0 aliphatic heterocycles. The van der Waals surface area contributed by atoms with E-state index in [1.54, 1.807) is 19.3 Å². The molecule has 1 nitrogen and oxygen atoms in total. The van der Waals surface area contributed by atoms with Gasteiger partial charge in [-0.1, -0.05) is 12.7 Å². The summed E-state index contributed by atoms with van der Waals surface area (Å²) in [5.41, 5.74) is 0. The highest BCUT2D eigenvalue weighted by molar-refractivity contribution is 5.69. The zero-order valence-electron chi connectivity index (χ0n) is 3.31. The summed E-state index contributed by atoms with van der Waals surface area (Å²) >= 11 is 0. The number of hydrogen-bond acceptors (Lipinski definition) is 1. The molecule has 28 valence electrons. The number of nitrogens with zero attached hydrogens (tertiary/aromatic N) is 1. The summed E-state index contributed by atoms with van der Waals surface area (Å²) in [7, 11) is 1.71. The zero-order valence-corrected chi connectivity index (χ0v) is 3.31. The molecule has 0 N–H and O–H groups in total. The molecule has 0 heterocycles. The molecule has 0 aromatic carbocycles. The molecule has 0 fully saturated rings. The largest absolute Gasteiger partial charge is 0.297 e. The summed E-state index contributed by atoms with van der Waals surface area (Å²) in [6, 6.07) is 0. The monoisotopic (exact) mass is 69.1 g/mol. The number of allylic oxidation sites excluding steroid dienone is 1. The fourth-order valence-electron chi connectivity index (χ4n) is 0.105. The molecular weight excluding hydrogens is 62.1 g/mol. The first-order valence-electron chi connectivity index (χ1n) is 1.45. The second kappa shape index (κ2) is 3.41. The average Bonchev–Trinajstić information content (AvgIpc) is 1.41. The molecule has 0 amide bonds. The molecule has 0 aliphatic carbocycles. The van der Waals surface area contributed by atoms with Crippen LogP contribution < -0.4 is 0 Å². The van der Waals surface area contributed by atoms with Crippen molar-refractivity contribution in [3.05, 3.63) is 12.7 Å².